The fraction of sp³-hybridized carbons (Fsp3) is 0.190. The third kappa shape index (κ3) is 3.59. The summed E-state index contributed by atoms with van der Waals surface area (Å²) in [7, 11) is 0. The molecule has 0 aliphatic carbocycles. The summed E-state index contributed by atoms with van der Waals surface area (Å²) in [5.41, 5.74) is 4.12. The summed E-state index contributed by atoms with van der Waals surface area (Å²) in [5, 5.41) is 0. The predicted octanol–water partition coefficient (Wildman–Crippen LogP) is 6.03. The molecule has 2 nitrogen and oxygen atoms in total. The van der Waals surface area contributed by atoms with Gasteiger partial charge in [-0.1, -0.05) is 69.8 Å². The van der Waals surface area contributed by atoms with Crippen LogP contribution in [0.4, 0.5) is 0 Å². The van der Waals surface area contributed by atoms with Crippen LogP contribution in [0.3, 0.4) is 0 Å². The predicted molar refractivity (Wildman–Crippen MR) is 101 cm³/mol. The van der Waals surface area contributed by atoms with Crippen LogP contribution < -0.4 is 0 Å². The Morgan fingerprint density at radius 2 is 1.70 bits per heavy atom. The topological polar surface area (TPSA) is 17.8 Å². The normalized spacial score (nSPS) is 10.6. The number of aromatic nitrogens is 2. The van der Waals surface area contributed by atoms with Gasteiger partial charge >= 0.3 is 0 Å². The SMILES string of the molecule is C=C(/C=C/CC)c1nc2ccccc2n1-c1ccccc1.CC. The van der Waals surface area contributed by atoms with Gasteiger partial charge in [0, 0.05) is 11.3 Å². The van der Waals surface area contributed by atoms with Crippen molar-refractivity contribution in [2.45, 2.75) is 27.2 Å². The number of rotatable bonds is 4. The number of imidazole rings is 1. The van der Waals surface area contributed by atoms with E-state index in [1.165, 1.54) is 0 Å². The van der Waals surface area contributed by atoms with Crippen LogP contribution in [0.2, 0.25) is 0 Å². The van der Waals surface area contributed by atoms with E-state index in [2.05, 4.69) is 42.3 Å². The standard InChI is InChI=1S/C19H18N2.C2H6/c1-3-4-10-15(2)19-20-17-13-8-9-14-18(17)21(19)16-11-6-5-7-12-16;1-2/h4-14H,2-3H2,1H3;1-2H3/b10-4+;. The highest BCUT2D eigenvalue weighted by Crippen LogP contribution is 2.25. The molecular formula is C21H24N2. The van der Waals surface area contributed by atoms with Crippen LogP contribution in [-0.4, -0.2) is 9.55 Å². The molecule has 0 spiro atoms. The Morgan fingerprint density at radius 1 is 1.04 bits per heavy atom. The van der Waals surface area contributed by atoms with Gasteiger partial charge in [0.25, 0.3) is 0 Å². The summed E-state index contributed by atoms with van der Waals surface area (Å²) in [6.07, 6.45) is 5.14. The largest absolute Gasteiger partial charge is 0.292 e. The van der Waals surface area contributed by atoms with E-state index < -0.39 is 0 Å². The Bertz CT molecular complexity index is 795. The van der Waals surface area contributed by atoms with Crippen LogP contribution in [0, 0.1) is 0 Å². The first-order valence-electron chi connectivity index (χ1n) is 8.20. The van der Waals surface area contributed by atoms with E-state index in [0.717, 1.165) is 34.5 Å². The summed E-state index contributed by atoms with van der Waals surface area (Å²) in [5.74, 6) is 0.895. The van der Waals surface area contributed by atoms with E-state index in [9.17, 15) is 0 Å². The molecule has 0 fully saturated rings. The number of para-hydroxylation sites is 3. The van der Waals surface area contributed by atoms with Gasteiger partial charge in [-0.15, -0.1) is 0 Å². The van der Waals surface area contributed by atoms with Gasteiger partial charge in [-0.05, 0) is 30.7 Å². The Kier molecular flexibility index (Phi) is 5.93. The maximum Gasteiger partial charge on any atom is 0.145 e. The molecule has 0 aliphatic heterocycles. The van der Waals surface area contributed by atoms with Gasteiger partial charge < -0.3 is 0 Å². The molecule has 1 heterocycles. The fourth-order valence-electron chi connectivity index (χ4n) is 2.41. The number of nitrogens with zero attached hydrogens (tertiary/aromatic N) is 2. The third-order valence-corrected chi connectivity index (χ3v) is 3.42. The minimum atomic E-state index is 0.895. The molecule has 118 valence electrons. The second-order valence-corrected chi connectivity index (χ2v) is 4.93. The van der Waals surface area contributed by atoms with Gasteiger partial charge in [-0.2, -0.15) is 0 Å². The van der Waals surface area contributed by atoms with E-state index >= 15 is 0 Å². The maximum atomic E-state index is 4.75. The van der Waals surface area contributed by atoms with E-state index in [1.807, 2.05) is 56.3 Å². The lowest BCUT2D eigenvalue weighted by molar-refractivity contribution is 1.06. The Labute approximate surface area is 138 Å². The summed E-state index contributed by atoms with van der Waals surface area (Å²) < 4.78 is 2.16. The number of hydrogen-bond donors (Lipinski definition) is 0. The molecule has 0 saturated carbocycles. The van der Waals surface area contributed by atoms with Crippen molar-refractivity contribution in [2.75, 3.05) is 0 Å². The monoisotopic (exact) mass is 304 g/mol. The summed E-state index contributed by atoms with van der Waals surface area (Å²) in [6, 6.07) is 18.5. The van der Waals surface area contributed by atoms with Gasteiger partial charge in [0.1, 0.15) is 5.82 Å². The summed E-state index contributed by atoms with van der Waals surface area (Å²) in [6.45, 7) is 10.3. The van der Waals surface area contributed by atoms with Gasteiger partial charge in [-0.25, -0.2) is 4.98 Å². The van der Waals surface area contributed by atoms with Gasteiger partial charge in [0.05, 0.1) is 11.0 Å². The van der Waals surface area contributed by atoms with Crippen LogP contribution in [0.1, 0.15) is 33.0 Å². The molecule has 0 aliphatic rings. The van der Waals surface area contributed by atoms with E-state index in [4.69, 9.17) is 4.98 Å². The molecule has 2 heteroatoms. The lowest BCUT2D eigenvalue weighted by atomic mass is 10.2. The van der Waals surface area contributed by atoms with Gasteiger partial charge in [-0.3, -0.25) is 4.57 Å². The van der Waals surface area contributed by atoms with Crippen molar-refractivity contribution in [1.29, 1.82) is 0 Å². The molecule has 3 rings (SSSR count). The fourth-order valence-corrected chi connectivity index (χ4v) is 2.41. The zero-order chi connectivity index (χ0) is 16.7. The average Bonchev–Trinajstić information content (AvgIpc) is 3.01. The van der Waals surface area contributed by atoms with Crippen molar-refractivity contribution >= 4 is 16.6 Å². The molecular weight excluding hydrogens is 280 g/mol. The number of allylic oxidation sites excluding steroid dienone is 3. The first-order valence-corrected chi connectivity index (χ1v) is 8.20. The Hall–Kier alpha value is -2.61. The van der Waals surface area contributed by atoms with Crippen LogP contribution in [0.5, 0.6) is 0 Å². The molecule has 3 aromatic rings. The van der Waals surface area contributed by atoms with Crippen LogP contribution in [0.25, 0.3) is 22.3 Å². The highest BCUT2D eigenvalue weighted by molar-refractivity contribution is 5.83. The molecule has 1 aromatic heterocycles. The second kappa shape index (κ2) is 8.14. The summed E-state index contributed by atoms with van der Waals surface area (Å²) in [4.78, 5) is 4.75. The van der Waals surface area contributed by atoms with Crippen LogP contribution in [0.15, 0.2) is 73.3 Å². The molecule has 0 atom stereocenters. The minimum Gasteiger partial charge on any atom is -0.292 e. The van der Waals surface area contributed by atoms with E-state index in [-0.39, 0.29) is 0 Å². The number of benzene rings is 2. The van der Waals surface area contributed by atoms with Crippen molar-refractivity contribution in [1.82, 2.24) is 9.55 Å². The summed E-state index contributed by atoms with van der Waals surface area (Å²) >= 11 is 0. The third-order valence-electron chi connectivity index (χ3n) is 3.42. The lowest BCUT2D eigenvalue weighted by Gasteiger charge is -2.09. The van der Waals surface area contributed by atoms with Crippen molar-refractivity contribution < 1.29 is 0 Å². The highest BCUT2D eigenvalue weighted by atomic mass is 15.1. The molecule has 0 radical (unpaired) electrons. The zero-order valence-corrected chi connectivity index (χ0v) is 14.2. The van der Waals surface area contributed by atoms with Crippen molar-refractivity contribution in [2.24, 2.45) is 0 Å². The van der Waals surface area contributed by atoms with E-state index in [0.29, 0.717) is 0 Å². The van der Waals surface area contributed by atoms with E-state index in [1.54, 1.807) is 0 Å². The molecule has 2 aromatic carbocycles. The molecule has 0 N–H and O–H groups in total. The second-order valence-electron chi connectivity index (χ2n) is 4.93. The van der Waals surface area contributed by atoms with Crippen LogP contribution >= 0.6 is 0 Å². The molecule has 23 heavy (non-hydrogen) atoms. The van der Waals surface area contributed by atoms with Crippen molar-refractivity contribution in [3.8, 4) is 5.69 Å². The van der Waals surface area contributed by atoms with Crippen molar-refractivity contribution in [3.63, 3.8) is 0 Å². The minimum absolute atomic E-state index is 0.895. The first-order chi connectivity index (χ1) is 11.3. The van der Waals surface area contributed by atoms with Gasteiger partial charge in [0.15, 0.2) is 0 Å². The molecule has 0 amide bonds. The first kappa shape index (κ1) is 16.8. The quantitative estimate of drug-likeness (QED) is 0.538. The molecule has 0 bridgehead atoms. The molecule has 0 unspecified atom stereocenters. The van der Waals surface area contributed by atoms with Gasteiger partial charge in [0.2, 0.25) is 0 Å². The number of fused-ring (bicyclic) bond motifs is 1. The Morgan fingerprint density at radius 3 is 2.39 bits per heavy atom. The molecule has 0 saturated heterocycles. The number of hydrogen-bond acceptors (Lipinski definition) is 1. The highest BCUT2D eigenvalue weighted by Gasteiger charge is 2.12. The van der Waals surface area contributed by atoms with Crippen molar-refractivity contribution in [3.05, 3.63) is 79.2 Å². The smallest absolute Gasteiger partial charge is 0.145 e. The average molecular weight is 304 g/mol. The lowest BCUT2D eigenvalue weighted by Crippen LogP contribution is -1.99. The zero-order valence-electron chi connectivity index (χ0n) is 14.2. The van der Waals surface area contributed by atoms with Crippen LogP contribution in [-0.2, 0) is 0 Å². The maximum absolute atomic E-state index is 4.75. The Balaban J connectivity index is 0.000000924.